The molecule has 0 saturated heterocycles. The zero-order chi connectivity index (χ0) is 18.3. The Morgan fingerprint density at radius 3 is 1.16 bits per heavy atom. The Balaban J connectivity index is 0.000000880. The van der Waals surface area contributed by atoms with E-state index in [0.717, 1.165) is 12.5 Å². The van der Waals surface area contributed by atoms with Crippen molar-refractivity contribution in [2.75, 3.05) is 7.11 Å². The minimum atomic E-state index is -0.286. The molecule has 0 amide bonds. The minimum Gasteiger partial charge on any atom is -0.508 e. The van der Waals surface area contributed by atoms with E-state index in [9.17, 15) is 25.5 Å². The highest BCUT2D eigenvalue weighted by atomic mass is 16.3. The summed E-state index contributed by atoms with van der Waals surface area (Å²) in [5.41, 5.74) is 0. The molecule has 0 bridgehead atoms. The van der Waals surface area contributed by atoms with Crippen molar-refractivity contribution >= 4 is 32.3 Å². The summed E-state index contributed by atoms with van der Waals surface area (Å²) in [6, 6.07) is 10.4. The fourth-order valence-corrected chi connectivity index (χ4v) is 3.03. The number of aliphatic hydroxyl groups is 1. The van der Waals surface area contributed by atoms with E-state index in [2.05, 4.69) is 0 Å². The second kappa shape index (κ2) is 5.92. The van der Waals surface area contributed by atoms with E-state index < -0.39 is 0 Å². The van der Waals surface area contributed by atoms with Crippen LogP contribution in [0.25, 0.3) is 32.3 Å². The number of benzene rings is 4. The van der Waals surface area contributed by atoms with Gasteiger partial charge in [0.15, 0.2) is 23.0 Å². The lowest BCUT2D eigenvalue weighted by Crippen LogP contribution is -1.84. The zero-order valence-corrected chi connectivity index (χ0v) is 13.2. The number of rotatable bonds is 0. The van der Waals surface area contributed by atoms with Crippen molar-refractivity contribution in [1.29, 1.82) is 0 Å². The first-order valence-electron chi connectivity index (χ1n) is 7.36. The van der Waals surface area contributed by atoms with Gasteiger partial charge in [0, 0.05) is 7.11 Å². The summed E-state index contributed by atoms with van der Waals surface area (Å²) in [6.07, 6.45) is 0. The molecule has 0 aliphatic carbocycles. The molecule has 0 unspecified atom stereocenters. The van der Waals surface area contributed by atoms with Crippen LogP contribution in [0.2, 0.25) is 0 Å². The number of phenolic OH excluding ortho intramolecular Hbond substituents is 5. The van der Waals surface area contributed by atoms with Crippen molar-refractivity contribution in [3.8, 4) is 28.7 Å². The minimum absolute atomic E-state index is 0.0636. The molecule has 0 saturated carbocycles. The van der Waals surface area contributed by atoms with Crippen LogP contribution in [0.5, 0.6) is 28.7 Å². The molecular formula is C19H16O6. The topological polar surface area (TPSA) is 121 Å². The van der Waals surface area contributed by atoms with Crippen LogP contribution in [0.1, 0.15) is 0 Å². The first-order chi connectivity index (χ1) is 12.0. The monoisotopic (exact) mass is 340 g/mol. The Kier molecular flexibility index (Phi) is 3.90. The Bertz CT molecular complexity index is 1080. The first-order valence-corrected chi connectivity index (χ1v) is 7.36. The standard InChI is InChI=1S/C18H12O5.CH4O/c19-8-1-2-9-10(3-8)12-5-16(21)18(23)7-14(12)13-6-17(22)15(20)4-11(9)13;1-2/h1-7,19-23H;2H,1H3. The molecule has 0 aromatic heterocycles. The van der Waals surface area contributed by atoms with E-state index in [0.29, 0.717) is 26.9 Å². The molecule has 6 N–H and O–H groups in total. The summed E-state index contributed by atoms with van der Waals surface area (Å²) in [6.45, 7) is 0. The molecule has 0 radical (unpaired) electrons. The summed E-state index contributed by atoms with van der Waals surface area (Å²) in [4.78, 5) is 0. The van der Waals surface area contributed by atoms with E-state index in [4.69, 9.17) is 5.11 Å². The molecule has 0 heterocycles. The van der Waals surface area contributed by atoms with Gasteiger partial charge in [-0.25, -0.2) is 0 Å². The third-order valence-corrected chi connectivity index (χ3v) is 4.10. The molecule has 25 heavy (non-hydrogen) atoms. The highest BCUT2D eigenvalue weighted by Gasteiger charge is 2.14. The quantitative estimate of drug-likeness (QED) is 0.216. The second-order valence-corrected chi connectivity index (χ2v) is 5.50. The SMILES string of the molecule is CO.Oc1ccc2c(c1)c1cc(O)c(O)cc1c1cc(O)c(O)cc21. The molecule has 128 valence electrons. The zero-order valence-electron chi connectivity index (χ0n) is 13.2. The van der Waals surface area contributed by atoms with Crippen molar-refractivity contribution in [2.24, 2.45) is 0 Å². The van der Waals surface area contributed by atoms with Crippen LogP contribution in [0.3, 0.4) is 0 Å². The predicted octanol–water partition coefficient (Wildman–Crippen LogP) is 3.28. The molecule has 4 aromatic rings. The van der Waals surface area contributed by atoms with Gasteiger partial charge in [0.1, 0.15) is 5.75 Å². The molecule has 6 nitrogen and oxygen atoms in total. The largest absolute Gasteiger partial charge is 0.508 e. The molecule has 0 spiro atoms. The Hall–Kier alpha value is -3.38. The van der Waals surface area contributed by atoms with E-state index in [1.54, 1.807) is 12.1 Å². The molecule has 0 aliphatic rings. The summed E-state index contributed by atoms with van der Waals surface area (Å²) in [5.74, 6) is -1.03. The van der Waals surface area contributed by atoms with Crippen LogP contribution in [0.15, 0.2) is 42.5 Å². The van der Waals surface area contributed by atoms with Crippen molar-refractivity contribution in [3.05, 3.63) is 42.5 Å². The van der Waals surface area contributed by atoms with Crippen LogP contribution in [-0.4, -0.2) is 37.7 Å². The van der Waals surface area contributed by atoms with Crippen molar-refractivity contribution in [2.45, 2.75) is 0 Å². The molecular weight excluding hydrogens is 324 g/mol. The number of hydrogen-bond acceptors (Lipinski definition) is 6. The summed E-state index contributed by atoms with van der Waals surface area (Å²) in [7, 11) is 1.00. The summed E-state index contributed by atoms with van der Waals surface area (Å²) >= 11 is 0. The smallest absolute Gasteiger partial charge is 0.158 e. The average Bonchev–Trinajstić information content (AvgIpc) is 2.60. The maximum atomic E-state index is 9.82. The van der Waals surface area contributed by atoms with Crippen molar-refractivity contribution in [3.63, 3.8) is 0 Å². The number of phenols is 5. The third-order valence-electron chi connectivity index (χ3n) is 4.10. The average molecular weight is 340 g/mol. The van der Waals surface area contributed by atoms with E-state index in [1.807, 2.05) is 0 Å². The van der Waals surface area contributed by atoms with Gasteiger partial charge in [0.05, 0.1) is 0 Å². The predicted molar refractivity (Wildman–Crippen MR) is 95.4 cm³/mol. The van der Waals surface area contributed by atoms with Gasteiger partial charge in [-0.1, -0.05) is 6.07 Å². The van der Waals surface area contributed by atoms with Gasteiger partial charge in [-0.15, -0.1) is 0 Å². The van der Waals surface area contributed by atoms with Crippen LogP contribution in [0, 0.1) is 0 Å². The van der Waals surface area contributed by atoms with E-state index in [-0.39, 0.29) is 28.7 Å². The second-order valence-electron chi connectivity index (χ2n) is 5.50. The maximum Gasteiger partial charge on any atom is 0.158 e. The summed E-state index contributed by atoms with van der Waals surface area (Å²) < 4.78 is 0. The van der Waals surface area contributed by atoms with Gasteiger partial charge in [0.25, 0.3) is 0 Å². The highest BCUT2D eigenvalue weighted by Crippen LogP contribution is 2.43. The fourth-order valence-electron chi connectivity index (χ4n) is 3.03. The van der Waals surface area contributed by atoms with Gasteiger partial charge in [0.2, 0.25) is 0 Å². The molecule has 4 rings (SSSR count). The lowest BCUT2D eigenvalue weighted by atomic mass is 9.93. The van der Waals surface area contributed by atoms with Crippen LogP contribution >= 0.6 is 0 Å². The van der Waals surface area contributed by atoms with Gasteiger partial charge in [-0.05, 0) is 68.7 Å². The summed E-state index contributed by atoms with van der Waals surface area (Å²) in [5, 5.41) is 59.9. The van der Waals surface area contributed by atoms with E-state index in [1.165, 1.54) is 30.3 Å². The fraction of sp³-hybridized carbons (Fsp3) is 0.0526. The van der Waals surface area contributed by atoms with Crippen LogP contribution in [0.4, 0.5) is 0 Å². The van der Waals surface area contributed by atoms with Crippen LogP contribution in [-0.2, 0) is 0 Å². The van der Waals surface area contributed by atoms with Gasteiger partial charge < -0.3 is 30.6 Å². The van der Waals surface area contributed by atoms with Crippen molar-refractivity contribution < 1.29 is 30.6 Å². The molecule has 0 atom stereocenters. The van der Waals surface area contributed by atoms with Gasteiger partial charge in [-0.3, -0.25) is 0 Å². The third kappa shape index (κ3) is 2.49. The van der Waals surface area contributed by atoms with E-state index >= 15 is 0 Å². The van der Waals surface area contributed by atoms with Crippen molar-refractivity contribution in [1.82, 2.24) is 0 Å². The van der Waals surface area contributed by atoms with Crippen LogP contribution < -0.4 is 0 Å². The number of aromatic hydroxyl groups is 5. The molecule has 0 fully saturated rings. The van der Waals surface area contributed by atoms with Gasteiger partial charge >= 0.3 is 0 Å². The Labute approximate surface area is 142 Å². The van der Waals surface area contributed by atoms with Gasteiger partial charge in [-0.2, -0.15) is 0 Å². The lowest BCUT2D eigenvalue weighted by molar-refractivity contribution is 0.399. The Morgan fingerprint density at radius 2 is 0.760 bits per heavy atom. The number of fused-ring (bicyclic) bond motifs is 6. The molecule has 6 heteroatoms. The first kappa shape index (κ1) is 16.5. The highest BCUT2D eigenvalue weighted by molar-refractivity contribution is 6.26. The number of aliphatic hydroxyl groups excluding tert-OH is 1. The maximum absolute atomic E-state index is 9.82. The number of hydrogen-bond donors (Lipinski definition) is 6. The Morgan fingerprint density at radius 1 is 0.440 bits per heavy atom. The molecule has 4 aromatic carbocycles. The lowest BCUT2D eigenvalue weighted by Gasteiger charge is -2.12. The molecule has 0 aliphatic heterocycles. The normalized spacial score (nSPS) is 10.8.